The van der Waals surface area contributed by atoms with E-state index < -0.39 is 5.60 Å². The molecule has 1 spiro atoms. The summed E-state index contributed by atoms with van der Waals surface area (Å²) in [6.07, 6.45) is 3.24. The van der Waals surface area contributed by atoms with Crippen molar-refractivity contribution in [3.63, 3.8) is 0 Å². The van der Waals surface area contributed by atoms with Gasteiger partial charge in [0.1, 0.15) is 5.60 Å². The summed E-state index contributed by atoms with van der Waals surface area (Å²) >= 11 is 0. The number of benzene rings is 1. The first kappa shape index (κ1) is 14.2. The second-order valence-electron chi connectivity index (χ2n) is 7.34. The third kappa shape index (κ3) is 2.01. The summed E-state index contributed by atoms with van der Waals surface area (Å²) in [5.41, 5.74) is -0.153. The van der Waals surface area contributed by atoms with Crippen molar-refractivity contribution in [3.8, 4) is 0 Å². The van der Waals surface area contributed by atoms with Gasteiger partial charge in [0, 0.05) is 6.42 Å². The molecule has 1 unspecified atom stereocenters. The molecule has 3 aliphatic rings. The van der Waals surface area contributed by atoms with Gasteiger partial charge in [0.05, 0.1) is 30.7 Å². The number of rotatable bonds is 3. The molecule has 1 aromatic carbocycles. The Balaban J connectivity index is 1.45. The van der Waals surface area contributed by atoms with E-state index in [-0.39, 0.29) is 16.9 Å². The van der Waals surface area contributed by atoms with E-state index >= 15 is 0 Å². The highest BCUT2D eigenvalue weighted by molar-refractivity contribution is 5.92. The van der Waals surface area contributed by atoms with Crippen LogP contribution in [0.5, 0.6) is 0 Å². The molecule has 1 aliphatic carbocycles. The quantitative estimate of drug-likeness (QED) is 0.927. The first-order chi connectivity index (χ1) is 10.5. The zero-order valence-corrected chi connectivity index (χ0v) is 13.0. The molecule has 2 saturated heterocycles. The first-order valence-electron chi connectivity index (χ1n) is 8.22. The fourth-order valence-corrected chi connectivity index (χ4v) is 4.02. The van der Waals surface area contributed by atoms with E-state index in [1.165, 1.54) is 0 Å². The lowest BCUT2D eigenvalue weighted by Crippen LogP contribution is -2.65. The van der Waals surface area contributed by atoms with E-state index in [1.54, 1.807) is 0 Å². The Bertz CT molecular complexity index is 590. The summed E-state index contributed by atoms with van der Waals surface area (Å²) in [7, 11) is 0. The topological polar surface area (TPSA) is 49.8 Å². The van der Waals surface area contributed by atoms with Crippen molar-refractivity contribution < 1.29 is 14.6 Å². The van der Waals surface area contributed by atoms with Crippen LogP contribution in [0.15, 0.2) is 30.3 Å². The van der Waals surface area contributed by atoms with E-state index in [1.807, 2.05) is 30.0 Å². The van der Waals surface area contributed by atoms with Gasteiger partial charge >= 0.3 is 0 Å². The van der Waals surface area contributed by atoms with Crippen molar-refractivity contribution in [1.82, 2.24) is 4.90 Å². The van der Waals surface area contributed by atoms with Gasteiger partial charge in [-0.25, -0.2) is 0 Å². The average molecular weight is 301 g/mol. The van der Waals surface area contributed by atoms with Crippen molar-refractivity contribution in [1.29, 1.82) is 0 Å². The number of likely N-dealkylation sites (tertiary alicyclic amines) is 1. The zero-order valence-electron chi connectivity index (χ0n) is 13.0. The number of hydrogen-bond acceptors (Lipinski definition) is 3. The van der Waals surface area contributed by atoms with Crippen LogP contribution in [-0.4, -0.2) is 46.8 Å². The van der Waals surface area contributed by atoms with Gasteiger partial charge in [-0.15, -0.1) is 0 Å². The molecule has 4 heteroatoms. The summed E-state index contributed by atoms with van der Waals surface area (Å²) in [6.45, 7) is 3.64. The van der Waals surface area contributed by atoms with Crippen molar-refractivity contribution in [2.75, 3.05) is 19.7 Å². The summed E-state index contributed by atoms with van der Waals surface area (Å²) in [6, 6.07) is 10.1. The van der Waals surface area contributed by atoms with E-state index in [2.05, 4.69) is 12.1 Å². The van der Waals surface area contributed by atoms with Crippen LogP contribution >= 0.6 is 0 Å². The molecular weight excluding hydrogens is 278 g/mol. The van der Waals surface area contributed by atoms with Gasteiger partial charge in [-0.05, 0) is 24.8 Å². The SMILES string of the molecule is CCC1(O)COC2(CN(C(=O)C3(c4ccccc4)CC3)C2)C1. The molecule has 4 nitrogen and oxygen atoms in total. The summed E-state index contributed by atoms with van der Waals surface area (Å²) < 4.78 is 5.86. The van der Waals surface area contributed by atoms with Crippen LogP contribution in [0.3, 0.4) is 0 Å². The lowest BCUT2D eigenvalue weighted by Gasteiger charge is -2.48. The summed E-state index contributed by atoms with van der Waals surface area (Å²) in [5, 5.41) is 10.3. The van der Waals surface area contributed by atoms with Crippen LogP contribution in [0, 0.1) is 0 Å². The first-order valence-corrected chi connectivity index (χ1v) is 8.22. The molecule has 0 aromatic heterocycles. The van der Waals surface area contributed by atoms with E-state index in [4.69, 9.17) is 4.74 Å². The van der Waals surface area contributed by atoms with Crippen LogP contribution in [0.2, 0.25) is 0 Å². The minimum atomic E-state index is -0.703. The van der Waals surface area contributed by atoms with Crippen LogP contribution in [0.4, 0.5) is 0 Å². The highest BCUT2D eigenvalue weighted by Crippen LogP contribution is 2.52. The maximum absolute atomic E-state index is 12.9. The largest absolute Gasteiger partial charge is 0.387 e. The second kappa shape index (κ2) is 4.56. The van der Waals surface area contributed by atoms with Gasteiger partial charge in [0.25, 0.3) is 0 Å². The Morgan fingerprint density at radius 2 is 1.95 bits per heavy atom. The number of amides is 1. The van der Waals surface area contributed by atoms with Crippen LogP contribution < -0.4 is 0 Å². The van der Waals surface area contributed by atoms with Gasteiger partial charge in [-0.2, -0.15) is 0 Å². The van der Waals surface area contributed by atoms with Crippen molar-refractivity contribution in [2.24, 2.45) is 0 Å². The Hall–Kier alpha value is -1.39. The van der Waals surface area contributed by atoms with Gasteiger partial charge in [-0.3, -0.25) is 4.79 Å². The standard InChI is InChI=1S/C18H23NO3/c1-2-16(21)10-17(22-13-16)11-19(12-17)15(20)18(8-9-18)14-6-4-3-5-7-14/h3-7,21H,2,8-13H2,1H3. The molecule has 118 valence electrons. The lowest BCUT2D eigenvalue weighted by atomic mass is 9.82. The van der Waals surface area contributed by atoms with Crippen molar-refractivity contribution in [3.05, 3.63) is 35.9 Å². The molecule has 1 N–H and O–H groups in total. The molecule has 1 amide bonds. The molecule has 1 saturated carbocycles. The molecular formula is C18H23NO3. The highest BCUT2D eigenvalue weighted by atomic mass is 16.5. The smallest absolute Gasteiger partial charge is 0.233 e. The molecule has 2 aliphatic heterocycles. The molecule has 2 heterocycles. The van der Waals surface area contributed by atoms with Gasteiger partial charge in [0.15, 0.2) is 0 Å². The van der Waals surface area contributed by atoms with E-state index in [0.29, 0.717) is 32.5 Å². The maximum Gasteiger partial charge on any atom is 0.233 e. The summed E-state index contributed by atoms with van der Waals surface area (Å²) in [5.74, 6) is 0.236. The molecule has 0 bridgehead atoms. The van der Waals surface area contributed by atoms with Crippen molar-refractivity contribution in [2.45, 2.75) is 49.2 Å². The Kier molecular flexibility index (Phi) is 2.94. The molecule has 0 radical (unpaired) electrons. The molecule has 3 fully saturated rings. The Morgan fingerprint density at radius 3 is 2.50 bits per heavy atom. The van der Waals surface area contributed by atoms with Crippen LogP contribution in [0.25, 0.3) is 0 Å². The molecule has 1 aromatic rings. The maximum atomic E-state index is 12.9. The highest BCUT2D eigenvalue weighted by Gasteiger charge is 2.60. The van der Waals surface area contributed by atoms with E-state index in [0.717, 1.165) is 18.4 Å². The number of hydrogen-bond donors (Lipinski definition) is 1. The fourth-order valence-electron chi connectivity index (χ4n) is 4.02. The lowest BCUT2D eigenvalue weighted by molar-refractivity contribution is -0.160. The third-order valence-electron chi connectivity index (χ3n) is 5.69. The minimum Gasteiger partial charge on any atom is -0.387 e. The average Bonchev–Trinajstić information content (AvgIpc) is 3.24. The van der Waals surface area contributed by atoms with Crippen LogP contribution in [-0.2, 0) is 14.9 Å². The predicted octanol–water partition coefficient (Wildman–Crippen LogP) is 1.86. The Morgan fingerprint density at radius 1 is 1.27 bits per heavy atom. The van der Waals surface area contributed by atoms with Gasteiger partial charge in [-0.1, -0.05) is 37.3 Å². The molecule has 1 atom stereocenters. The normalized spacial score (nSPS) is 31.1. The molecule has 4 rings (SSSR count). The summed E-state index contributed by atoms with van der Waals surface area (Å²) in [4.78, 5) is 14.8. The fraction of sp³-hybridized carbons (Fsp3) is 0.611. The monoisotopic (exact) mass is 301 g/mol. The van der Waals surface area contributed by atoms with Crippen molar-refractivity contribution >= 4 is 5.91 Å². The molecule has 22 heavy (non-hydrogen) atoms. The number of aliphatic hydroxyl groups is 1. The van der Waals surface area contributed by atoms with Gasteiger partial charge < -0.3 is 14.7 Å². The number of carbonyl (C=O) groups excluding carboxylic acids is 1. The zero-order chi connectivity index (χ0) is 15.4. The predicted molar refractivity (Wildman–Crippen MR) is 82.5 cm³/mol. The minimum absolute atomic E-state index is 0.236. The number of nitrogens with zero attached hydrogens (tertiary/aromatic N) is 1. The Labute approximate surface area is 131 Å². The van der Waals surface area contributed by atoms with E-state index in [9.17, 15) is 9.90 Å². The number of ether oxygens (including phenoxy) is 1. The third-order valence-corrected chi connectivity index (χ3v) is 5.69. The second-order valence-corrected chi connectivity index (χ2v) is 7.34. The van der Waals surface area contributed by atoms with Gasteiger partial charge in [0.2, 0.25) is 5.91 Å². The van der Waals surface area contributed by atoms with Crippen LogP contribution in [0.1, 0.15) is 38.2 Å². The number of carbonyl (C=O) groups is 1.